The highest BCUT2D eigenvalue weighted by Crippen LogP contribution is 2.37. The molecule has 1 aliphatic rings. The van der Waals surface area contributed by atoms with Gasteiger partial charge in [-0.25, -0.2) is 0 Å². The molecule has 0 amide bonds. The van der Waals surface area contributed by atoms with Gasteiger partial charge in [-0.2, -0.15) is 5.26 Å². The molecule has 0 aliphatic heterocycles. The highest BCUT2D eigenvalue weighted by atomic mass is 16.5. The summed E-state index contributed by atoms with van der Waals surface area (Å²) in [5.74, 6) is 1.44. The fraction of sp³-hybridized carbons (Fsp3) is 0.923. The first kappa shape index (κ1) is 13.5. The van der Waals surface area contributed by atoms with Gasteiger partial charge >= 0.3 is 0 Å². The fourth-order valence-electron chi connectivity index (χ4n) is 2.39. The van der Waals surface area contributed by atoms with Crippen molar-refractivity contribution in [2.75, 3.05) is 13.2 Å². The van der Waals surface area contributed by atoms with E-state index in [1.807, 2.05) is 0 Å². The number of aliphatic hydroxyl groups excluding tert-OH is 1. The molecule has 0 aromatic carbocycles. The topological polar surface area (TPSA) is 53.2 Å². The summed E-state index contributed by atoms with van der Waals surface area (Å²) in [6, 6.07) is 2.33. The minimum atomic E-state index is -0.569. The average molecular weight is 225 g/mol. The Bertz CT molecular complexity index is 237. The van der Waals surface area contributed by atoms with Gasteiger partial charge in [-0.3, -0.25) is 0 Å². The number of hydrogen-bond donors (Lipinski definition) is 1. The van der Waals surface area contributed by atoms with Crippen molar-refractivity contribution < 1.29 is 9.84 Å². The maximum absolute atomic E-state index is 9.23. The summed E-state index contributed by atoms with van der Waals surface area (Å²) in [6.45, 7) is 5.12. The smallest absolute Gasteiger partial charge is 0.154 e. The second kappa shape index (κ2) is 6.22. The molecule has 3 nitrogen and oxygen atoms in total. The third kappa shape index (κ3) is 3.47. The van der Waals surface area contributed by atoms with Crippen LogP contribution in [0.4, 0.5) is 0 Å². The minimum absolute atomic E-state index is 0.135. The van der Waals surface area contributed by atoms with Crippen LogP contribution in [0.1, 0.15) is 46.0 Å². The maximum Gasteiger partial charge on any atom is 0.154 e. The molecule has 0 saturated heterocycles. The van der Waals surface area contributed by atoms with Crippen molar-refractivity contribution in [3.8, 4) is 6.07 Å². The number of nitriles is 1. The Morgan fingerprint density at radius 1 is 1.44 bits per heavy atom. The van der Waals surface area contributed by atoms with E-state index in [0.717, 1.165) is 31.6 Å². The number of ether oxygens (including phenoxy) is 1. The molecule has 0 unspecified atom stereocenters. The van der Waals surface area contributed by atoms with E-state index in [1.54, 1.807) is 0 Å². The van der Waals surface area contributed by atoms with E-state index in [1.165, 1.54) is 0 Å². The van der Waals surface area contributed by atoms with E-state index >= 15 is 0 Å². The second-order valence-corrected chi connectivity index (χ2v) is 5.11. The van der Waals surface area contributed by atoms with Crippen molar-refractivity contribution in [3.05, 3.63) is 0 Å². The van der Waals surface area contributed by atoms with Gasteiger partial charge in [0.1, 0.15) is 0 Å². The molecular formula is C13H23NO2. The van der Waals surface area contributed by atoms with E-state index in [9.17, 15) is 5.26 Å². The van der Waals surface area contributed by atoms with Crippen LogP contribution in [0.2, 0.25) is 0 Å². The van der Waals surface area contributed by atoms with Crippen LogP contribution in [-0.2, 0) is 4.74 Å². The number of nitrogens with zero attached hydrogens (tertiary/aromatic N) is 1. The highest BCUT2D eigenvalue weighted by Gasteiger charge is 2.36. The monoisotopic (exact) mass is 225 g/mol. The average Bonchev–Trinajstić information content (AvgIpc) is 2.30. The van der Waals surface area contributed by atoms with Crippen LogP contribution in [0, 0.1) is 23.2 Å². The van der Waals surface area contributed by atoms with Crippen molar-refractivity contribution >= 4 is 0 Å². The van der Waals surface area contributed by atoms with Crippen molar-refractivity contribution in [2.24, 2.45) is 11.8 Å². The lowest BCUT2D eigenvalue weighted by Gasteiger charge is -2.36. The van der Waals surface area contributed by atoms with Gasteiger partial charge in [0, 0.05) is 6.61 Å². The van der Waals surface area contributed by atoms with Crippen molar-refractivity contribution in [3.63, 3.8) is 0 Å². The molecule has 0 heterocycles. The Balaban J connectivity index is 2.43. The first-order valence-corrected chi connectivity index (χ1v) is 6.29. The largest absolute Gasteiger partial charge is 0.396 e. The Hall–Kier alpha value is -0.590. The molecule has 1 N–H and O–H groups in total. The fourth-order valence-corrected chi connectivity index (χ4v) is 2.39. The van der Waals surface area contributed by atoms with Crippen molar-refractivity contribution in [2.45, 2.75) is 51.6 Å². The first-order valence-electron chi connectivity index (χ1n) is 6.29. The number of aliphatic hydroxyl groups is 1. The molecule has 92 valence electrons. The molecule has 0 bridgehead atoms. The molecule has 1 saturated carbocycles. The van der Waals surface area contributed by atoms with Crippen LogP contribution >= 0.6 is 0 Å². The predicted molar refractivity (Wildman–Crippen MR) is 62.8 cm³/mol. The third-order valence-corrected chi connectivity index (χ3v) is 3.67. The molecule has 0 radical (unpaired) electrons. The molecule has 16 heavy (non-hydrogen) atoms. The maximum atomic E-state index is 9.23. The van der Waals surface area contributed by atoms with Gasteiger partial charge in [0.15, 0.2) is 5.60 Å². The van der Waals surface area contributed by atoms with E-state index in [4.69, 9.17) is 9.84 Å². The van der Waals surface area contributed by atoms with Crippen LogP contribution in [0.3, 0.4) is 0 Å². The lowest BCUT2D eigenvalue weighted by atomic mass is 9.75. The van der Waals surface area contributed by atoms with Gasteiger partial charge in [0.25, 0.3) is 0 Å². The minimum Gasteiger partial charge on any atom is -0.396 e. The van der Waals surface area contributed by atoms with Crippen LogP contribution < -0.4 is 0 Å². The summed E-state index contributed by atoms with van der Waals surface area (Å²) in [5, 5.41) is 17.9. The molecule has 0 spiro atoms. The van der Waals surface area contributed by atoms with Crippen LogP contribution in [0.15, 0.2) is 0 Å². The molecule has 3 heteroatoms. The van der Waals surface area contributed by atoms with E-state index in [-0.39, 0.29) is 6.61 Å². The first-order chi connectivity index (χ1) is 7.63. The Morgan fingerprint density at radius 3 is 2.50 bits per heavy atom. The Kier molecular flexibility index (Phi) is 5.24. The summed E-state index contributed by atoms with van der Waals surface area (Å²) in [5.41, 5.74) is -0.569. The molecule has 1 fully saturated rings. The molecular weight excluding hydrogens is 202 g/mol. The number of hydrogen-bond acceptors (Lipinski definition) is 3. The van der Waals surface area contributed by atoms with Crippen LogP contribution in [-0.4, -0.2) is 23.9 Å². The van der Waals surface area contributed by atoms with E-state index in [0.29, 0.717) is 18.9 Å². The molecule has 1 aliphatic carbocycles. The van der Waals surface area contributed by atoms with Gasteiger partial charge in [-0.05, 0) is 43.9 Å². The lowest BCUT2D eigenvalue weighted by molar-refractivity contribution is -0.0443. The quantitative estimate of drug-likeness (QED) is 0.731. The Morgan fingerprint density at radius 2 is 2.06 bits per heavy atom. The van der Waals surface area contributed by atoms with Gasteiger partial charge in [0.2, 0.25) is 0 Å². The summed E-state index contributed by atoms with van der Waals surface area (Å²) in [6.07, 6.45) is 4.49. The summed E-state index contributed by atoms with van der Waals surface area (Å²) < 4.78 is 5.67. The van der Waals surface area contributed by atoms with Crippen LogP contribution in [0.5, 0.6) is 0 Å². The lowest BCUT2D eigenvalue weighted by Crippen LogP contribution is -2.37. The molecule has 1 rings (SSSR count). The number of rotatable bonds is 5. The van der Waals surface area contributed by atoms with E-state index in [2.05, 4.69) is 19.9 Å². The third-order valence-electron chi connectivity index (χ3n) is 3.67. The summed E-state index contributed by atoms with van der Waals surface area (Å²) >= 11 is 0. The molecule has 0 aromatic rings. The van der Waals surface area contributed by atoms with E-state index < -0.39 is 5.60 Å². The van der Waals surface area contributed by atoms with Crippen LogP contribution in [0.25, 0.3) is 0 Å². The van der Waals surface area contributed by atoms with Gasteiger partial charge in [-0.1, -0.05) is 13.8 Å². The second-order valence-electron chi connectivity index (χ2n) is 5.11. The van der Waals surface area contributed by atoms with Gasteiger partial charge in [0.05, 0.1) is 12.7 Å². The zero-order valence-corrected chi connectivity index (χ0v) is 10.4. The highest BCUT2D eigenvalue weighted by molar-refractivity contribution is 5.04. The standard InChI is InChI=1S/C13H23NO2/c1-11(2)12-4-6-13(10-14,7-5-12)16-9-3-8-15/h11-12,15H,3-9H2,1-2H3. The normalized spacial score (nSPS) is 30.3. The SMILES string of the molecule is CC(C)C1CCC(C#N)(OCCCO)CC1. The summed E-state index contributed by atoms with van der Waals surface area (Å²) in [4.78, 5) is 0. The molecule has 0 aromatic heterocycles. The zero-order chi connectivity index (χ0) is 12.0. The van der Waals surface area contributed by atoms with Gasteiger partial charge < -0.3 is 9.84 Å². The van der Waals surface area contributed by atoms with Crippen molar-refractivity contribution in [1.82, 2.24) is 0 Å². The predicted octanol–water partition coefficient (Wildman–Crippen LogP) is 2.49. The summed E-state index contributed by atoms with van der Waals surface area (Å²) in [7, 11) is 0. The van der Waals surface area contributed by atoms with Crippen molar-refractivity contribution in [1.29, 1.82) is 5.26 Å². The zero-order valence-electron chi connectivity index (χ0n) is 10.4. The van der Waals surface area contributed by atoms with Gasteiger partial charge in [-0.15, -0.1) is 0 Å². The Labute approximate surface area is 98.4 Å². The molecule has 0 atom stereocenters.